The summed E-state index contributed by atoms with van der Waals surface area (Å²) in [6.45, 7) is 12.0. The van der Waals surface area contributed by atoms with Gasteiger partial charge in [0.2, 0.25) is 0 Å². The summed E-state index contributed by atoms with van der Waals surface area (Å²) in [5, 5.41) is 11.5. The smallest absolute Gasteiger partial charge is 0.413 e. The molecule has 2 aliphatic rings. The van der Waals surface area contributed by atoms with Gasteiger partial charge < -0.3 is 14.6 Å². The molecular weight excluding hydrogens is 450 g/mol. The van der Waals surface area contributed by atoms with Crippen LogP contribution < -0.4 is 0 Å². The second kappa shape index (κ2) is 15.4. The Bertz CT molecular complexity index is 679. The first-order valence-electron chi connectivity index (χ1n) is 15.1. The highest BCUT2D eigenvalue weighted by Gasteiger charge is 2.49. The Labute approximate surface area is 222 Å². The minimum Gasteiger partial charge on any atom is -0.444 e. The van der Waals surface area contributed by atoms with E-state index in [1.54, 1.807) is 4.90 Å². The number of carbonyl (C=O) groups excluding carboxylic acids is 1. The van der Waals surface area contributed by atoms with Crippen molar-refractivity contribution in [3.8, 4) is 0 Å². The first-order chi connectivity index (χ1) is 17.1. The molecule has 1 aliphatic heterocycles. The highest BCUT2D eigenvalue weighted by atomic mass is 16.6. The zero-order valence-electron chi connectivity index (χ0n) is 24.5. The summed E-state index contributed by atoms with van der Waals surface area (Å²) in [5.41, 5.74) is 1.20. The Morgan fingerprint density at radius 2 is 1.50 bits per heavy atom. The Morgan fingerprint density at radius 3 is 2.06 bits per heavy atom. The lowest BCUT2D eigenvalue weighted by atomic mass is 9.83. The number of carbonyl (C=O) groups is 1. The number of allylic oxidation sites excluding steroid dienone is 1. The SMILES string of the molecule is CCCCCCCCCCCCCCC1=C([C@@H](O)[C@@H]2COC(C)(C)N2C(=O)OC(C)(C)C)CCCC1. The van der Waals surface area contributed by atoms with Crippen LogP contribution in [0.3, 0.4) is 0 Å². The summed E-state index contributed by atoms with van der Waals surface area (Å²) in [4.78, 5) is 14.7. The number of nitrogens with zero attached hydrogens (tertiary/aromatic N) is 1. The molecule has 1 saturated heterocycles. The average molecular weight is 508 g/mol. The van der Waals surface area contributed by atoms with Crippen LogP contribution in [-0.4, -0.2) is 46.2 Å². The van der Waals surface area contributed by atoms with E-state index in [2.05, 4.69) is 6.92 Å². The van der Waals surface area contributed by atoms with Crippen LogP contribution in [0.1, 0.15) is 151 Å². The third-order valence-electron chi connectivity index (χ3n) is 7.79. The van der Waals surface area contributed by atoms with Crippen molar-refractivity contribution in [2.45, 2.75) is 174 Å². The van der Waals surface area contributed by atoms with Gasteiger partial charge in [-0.25, -0.2) is 4.79 Å². The number of unbranched alkanes of at least 4 members (excludes halogenated alkanes) is 11. The summed E-state index contributed by atoms with van der Waals surface area (Å²) in [5.74, 6) is 0. The molecule has 1 fully saturated rings. The molecule has 0 saturated carbocycles. The molecule has 2 atom stereocenters. The van der Waals surface area contributed by atoms with Crippen molar-refractivity contribution in [3.05, 3.63) is 11.1 Å². The standard InChI is InChI=1S/C31H57NO4/c1-7-8-9-10-11-12-13-14-15-16-17-18-21-25-22-19-20-23-26(25)28(33)27-24-35-31(5,6)32(27)29(34)36-30(2,3)4/h27-28,33H,7-24H2,1-6H3/t27-,28+/m0/s1. The van der Waals surface area contributed by atoms with E-state index in [-0.39, 0.29) is 0 Å². The lowest BCUT2D eigenvalue weighted by Gasteiger charge is -2.38. The van der Waals surface area contributed by atoms with Crippen molar-refractivity contribution in [2.24, 2.45) is 0 Å². The van der Waals surface area contributed by atoms with Crippen LogP contribution in [0.4, 0.5) is 4.79 Å². The quantitative estimate of drug-likeness (QED) is 0.178. The molecule has 5 nitrogen and oxygen atoms in total. The van der Waals surface area contributed by atoms with Crippen molar-refractivity contribution >= 4 is 6.09 Å². The maximum absolute atomic E-state index is 13.0. The lowest BCUT2D eigenvalue weighted by molar-refractivity contribution is -0.0665. The maximum Gasteiger partial charge on any atom is 0.413 e. The summed E-state index contributed by atoms with van der Waals surface area (Å²) in [7, 11) is 0. The van der Waals surface area contributed by atoms with E-state index < -0.39 is 29.6 Å². The van der Waals surface area contributed by atoms with Gasteiger partial charge >= 0.3 is 6.09 Å². The summed E-state index contributed by atoms with van der Waals surface area (Å²) >= 11 is 0. The van der Waals surface area contributed by atoms with Crippen LogP contribution in [-0.2, 0) is 9.47 Å². The van der Waals surface area contributed by atoms with E-state index in [0.717, 1.165) is 31.3 Å². The summed E-state index contributed by atoms with van der Waals surface area (Å²) in [6, 6.07) is -0.403. The Morgan fingerprint density at radius 1 is 0.972 bits per heavy atom. The third-order valence-corrected chi connectivity index (χ3v) is 7.79. The second-order valence-corrected chi connectivity index (χ2v) is 12.6. The van der Waals surface area contributed by atoms with E-state index in [4.69, 9.17) is 9.47 Å². The van der Waals surface area contributed by atoms with Crippen LogP contribution >= 0.6 is 0 Å². The number of amides is 1. The minimum atomic E-state index is -0.793. The zero-order chi connectivity index (χ0) is 26.6. The van der Waals surface area contributed by atoms with Gasteiger partial charge in [0.25, 0.3) is 0 Å². The van der Waals surface area contributed by atoms with Crippen molar-refractivity contribution in [1.29, 1.82) is 0 Å². The fraction of sp³-hybridized carbons (Fsp3) is 0.903. The number of rotatable bonds is 15. The van der Waals surface area contributed by atoms with E-state index in [1.165, 1.54) is 89.0 Å². The van der Waals surface area contributed by atoms with Crippen LogP contribution in [0.5, 0.6) is 0 Å². The van der Waals surface area contributed by atoms with Crippen molar-refractivity contribution in [2.75, 3.05) is 6.61 Å². The summed E-state index contributed by atoms with van der Waals surface area (Å²) in [6.07, 6.45) is 20.6. The maximum atomic E-state index is 13.0. The predicted octanol–water partition coefficient (Wildman–Crippen LogP) is 8.68. The van der Waals surface area contributed by atoms with Gasteiger partial charge in [0, 0.05) is 0 Å². The molecule has 5 heteroatoms. The van der Waals surface area contributed by atoms with Gasteiger partial charge in [-0.1, -0.05) is 83.1 Å². The Balaban J connectivity index is 1.83. The molecule has 0 radical (unpaired) electrons. The summed E-state index contributed by atoms with van der Waals surface area (Å²) < 4.78 is 11.6. The zero-order valence-corrected chi connectivity index (χ0v) is 24.5. The molecule has 36 heavy (non-hydrogen) atoms. The molecule has 210 valence electrons. The van der Waals surface area contributed by atoms with E-state index >= 15 is 0 Å². The lowest BCUT2D eigenvalue weighted by Crippen LogP contribution is -2.53. The van der Waals surface area contributed by atoms with Gasteiger partial charge in [-0.2, -0.15) is 0 Å². The number of hydrogen-bond acceptors (Lipinski definition) is 4. The molecule has 0 aromatic rings. The largest absolute Gasteiger partial charge is 0.444 e. The molecule has 0 spiro atoms. The van der Waals surface area contributed by atoms with Crippen LogP contribution in [0.25, 0.3) is 0 Å². The van der Waals surface area contributed by atoms with Crippen molar-refractivity contribution in [1.82, 2.24) is 4.90 Å². The fourth-order valence-electron chi connectivity index (χ4n) is 5.78. The van der Waals surface area contributed by atoms with Crippen LogP contribution in [0.2, 0.25) is 0 Å². The number of aliphatic hydroxyl groups is 1. The Hall–Kier alpha value is -1.07. The average Bonchev–Trinajstić information content (AvgIpc) is 3.13. The third kappa shape index (κ3) is 10.4. The molecule has 0 aromatic carbocycles. The first kappa shape index (κ1) is 31.1. The van der Waals surface area contributed by atoms with Crippen molar-refractivity contribution in [3.63, 3.8) is 0 Å². The Kier molecular flexibility index (Phi) is 13.3. The van der Waals surface area contributed by atoms with Gasteiger partial charge in [0.15, 0.2) is 0 Å². The molecule has 1 N–H and O–H groups in total. The molecule has 2 rings (SSSR count). The number of ether oxygens (including phenoxy) is 2. The highest BCUT2D eigenvalue weighted by molar-refractivity contribution is 5.70. The predicted molar refractivity (Wildman–Crippen MR) is 149 cm³/mol. The first-order valence-corrected chi connectivity index (χ1v) is 15.1. The molecule has 0 unspecified atom stereocenters. The van der Waals surface area contributed by atoms with Gasteiger partial charge in [0.1, 0.15) is 11.3 Å². The van der Waals surface area contributed by atoms with Gasteiger partial charge in [-0.15, -0.1) is 0 Å². The fourth-order valence-corrected chi connectivity index (χ4v) is 5.78. The molecule has 0 aromatic heterocycles. The number of aliphatic hydroxyl groups excluding tert-OH is 1. The van der Waals surface area contributed by atoms with Gasteiger partial charge in [0.05, 0.1) is 18.8 Å². The monoisotopic (exact) mass is 507 g/mol. The van der Waals surface area contributed by atoms with E-state index in [1.807, 2.05) is 34.6 Å². The second-order valence-electron chi connectivity index (χ2n) is 12.6. The van der Waals surface area contributed by atoms with Crippen LogP contribution in [0.15, 0.2) is 11.1 Å². The molecule has 1 aliphatic carbocycles. The van der Waals surface area contributed by atoms with E-state index in [0.29, 0.717) is 6.61 Å². The molecular formula is C31H57NO4. The van der Waals surface area contributed by atoms with E-state index in [9.17, 15) is 9.90 Å². The van der Waals surface area contributed by atoms with Crippen LogP contribution in [0, 0.1) is 0 Å². The van der Waals surface area contributed by atoms with Crippen molar-refractivity contribution < 1.29 is 19.4 Å². The molecule has 1 heterocycles. The highest BCUT2D eigenvalue weighted by Crippen LogP contribution is 2.37. The normalized spacial score (nSPS) is 21.2. The minimum absolute atomic E-state index is 0.336. The molecule has 1 amide bonds. The molecule has 0 bridgehead atoms. The number of hydrogen-bond donors (Lipinski definition) is 1. The van der Waals surface area contributed by atoms with Gasteiger partial charge in [-0.3, -0.25) is 4.90 Å². The topological polar surface area (TPSA) is 59.0 Å². The van der Waals surface area contributed by atoms with Gasteiger partial charge in [-0.05, 0) is 78.7 Å².